The highest BCUT2D eigenvalue weighted by molar-refractivity contribution is 6.39. The van der Waals surface area contributed by atoms with E-state index in [1.54, 1.807) is 6.08 Å². The molecule has 0 aromatic heterocycles. The van der Waals surface area contributed by atoms with Crippen molar-refractivity contribution in [2.75, 3.05) is 0 Å². The minimum Gasteiger partial charge on any atom is -0.289 e. The molecule has 0 fully saturated rings. The van der Waals surface area contributed by atoms with Crippen molar-refractivity contribution in [3.05, 3.63) is 68.9 Å². The van der Waals surface area contributed by atoms with Crippen LogP contribution in [0.3, 0.4) is 0 Å². The fourth-order valence-electron chi connectivity index (χ4n) is 2.72. The van der Waals surface area contributed by atoms with Crippen LogP contribution < -0.4 is 20.9 Å². The molecular weight excluding hydrogens is 220 g/mol. The first kappa shape index (κ1) is 9.60. The fraction of sp³-hybridized carbons (Fsp3) is 0. The number of fused-ring (bicyclic) bond motifs is 1. The summed E-state index contributed by atoms with van der Waals surface area (Å²) in [5.74, 6) is 0.113. The molecule has 0 aliphatic heterocycles. The number of carbonyl (C=O) groups is 1. The van der Waals surface area contributed by atoms with E-state index in [2.05, 4.69) is 24.3 Å². The van der Waals surface area contributed by atoms with Crippen molar-refractivity contribution in [2.24, 2.45) is 0 Å². The summed E-state index contributed by atoms with van der Waals surface area (Å²) in [6.45, 7) is 0. The van der Waals surface area contributed by atoms with Crippen LogP contribution in [0.15, 0.2) is 42.5 Å². The van der Waals surface area contributed by atoms with E-state index in [4.69, 9.17) is 0 Å². The molecular formula is C17H10O. The van der Waals surface area contributed by atoms with Crippen molar-refractivity contribution in [3.63, 3.8) is 0 Å². The quantitative estimate of drug-likeness (QED) is 0.614. The van der Waals surface area contributed by atoms with Gasteiger partial charge in [-0.3, -0.25) is 4.79 Å². The molecule has 0 spiro atoms. The summed E-state index contributed by atoms with van der Waals surface area (Å²) in [4.78, 5) is 12.1. The lowest BCUT2D eigenvalue weighted by Crippen LogP contribution is -2.25. The highest BCUT2D eigenvalue weighted by atomic mass is 16.1. The molecule has 0 N–H and O–H groups in total. The Morgan fingerprint density at radius 1 is 0.667 bits per heavy atom. The average Bonchev–Trinajstić information content (AvgIpc) is 2.59. The van der Waals surface area contributed by atoms with Crippen LogP contribution in [0.4, 0.5) is 0 Å². The Balaban J connectivity index is 2.33. The third-order valence-corrected chi connectivity index (χ3v) is 3.56. The Morgan fingerprint density at radius 3 is 2.22 bits per heavy atom. The van der Waals surface area contributed by atoms with E-state index in [1.165, 1.54) is 5.22 Å². The van der Waals surface area contributed by atoms with Crippen molar-refractivity contribution >= 4 is 29.6 Å². The molecule has 0 unspecified atom stereocenters. The van der Waals surface area contributed by atoms with E-state index in [0.717, 1.165) is 26.8 Å². The van der Waals surface area contributed by atoms with Crippen molar-refractivity contribution in [1.82, 2.24) is 0 Å². The first-order chi connectivity index (χ1) is 8.83. The van der Waals surface area contributed by atoms with Gasteiger partial charge in [-0.15, -0.1) is 0 Å². The van der Waals surface area contributed by atoms with Crippen molar-refractivity contribution in [3.8, 4) is 0 Å². The number of hydrogen-bond acceptors (Lipinski definition) is 1. The Labute approximate surface area is 104 Å². The molecule has 0 saturated heterocycles. The van der Waals surface area contributed by atoms with Crippen LogP contribution in [0.5, 0.6) is 0 Å². The second-order valence-corrected chi connectivity index (χ2v) is 4.65. The van der Waals surface area contributed by atoms with E-state index in [1.807, 2.05) is 30.3 Å². The molecule has 2 aliphatic rings. The topological polar surface area (TPSA) is 17.1 Å². The lowest BCUT2D eigenvalue weighted by molar-refractivity contribution is -0.108. The molecule has 0 heterocycles. The molecule has 0 bridgehead atoms. The molecule has 4 rings (SSSR count). The van der Waals surface area contributed by atoms with Crippen LogP contribution in [0.25, 0.3) is 23.8 Å². The third kappa shape index (κ3) is 1.19. The molecule has 84 valence electrons. The molecule has 2 aromatic rings. The standard InChI is InChI=1S/C17H10O/c18-16-10-14-7-3-6-13-8-11-4-1-2-5-12(11)9-15(16)17(13)14/h1-10H. The zero-order chi connectivity index (χ0) is 12.1. The number of ketones is 1. The Kier molecular flexibility index (Phi) is 1.76. The second kappa shape index (κ2) is 3.30. The van der Waals surface area contributed by atoms with E-state index < -0.39 is 0 Å². The van der Waals surface area contributed by atoms with Gasteiger partial charge < -0.3 is 0 Å². The number of carbonyl (C=O) groups excluding carboxylic acids is 1. The van der Waals surface area contributed by atoms with Crippen molar-refractivity contribution in [2.45, 2.75) is 0 Å². The first-order valence-electron chi connectivity index (χ1n) is 6.01. The summed E-state index contributed by atoms with van der Waals surface area (Å²) in [5, 5.41) is 4.39. The van der Waals surface area contributed by atoms with Gasteiger partial charge in [0.2, 0.25) is 0 Å². The normalized spacial score (nSPS) is 14.9. The van der Waals surface area contributed by atoms with Gasteiger partial charge in [-0.1, -0.05) is 42.5 Å². The van der Waals surface area contributed by atoms with Gasteiger partial charge >= 0.3 is 0 Å². The average molecular weight is 230 g/mol. The van der Waals surface area contributed by atoms with E-state index in [9.17, 15) is 4.79 Å². The number of Topliss-reactive ketones (excluding diaryl/α,β-unsaturated/α-hetero) is 1. The van der Waals surface area contributed by atoms with Crippen LogP contribution in [0.1, 0.15) is 5.56 Å². The summed E-state index contributed by atoms with van der Waals surface area (Å²) in [6.07, 6.45) is 5.89. The van der Waals surface area contributed by atoms with Crippen molar-refractivity contribution < 1.29 is 4.79 Å². The van der Waals surface area contributed by atoms with Gasteiger partial charge in [0.05, 0.1) is 0 Å². The predicted molar refractivity (Wildman–Crippen MR) is 72.3 cm³/mol. The van der Waals surface area contributed by atoms with E-state index in [-0.39, 0.29) is 5.78 Å². The highest BCUT2D eigenvalue weighted by Crippen LogP contribution is 2.06. The monoisotopic (exact) mass is 230 g/mol. The lowest BCUT2D eigenvalue weighted by Gasteiger charge is -1.94. The Morgan fingerprint density at radius 2 is 1.39 bits per heavy atom. The zero-order valence-corrected chi connectivity index (χ0v) is 9.68. The summed E-state index contributed by atoms with van der Waals surface area (Å²) >= 11 is 0. The molecule has 2 aliphatic carbocycles. The van der Waals surface area contributed by atoms with Gasteiger partial charge in [-0.25, -0.2) is 0 Å². The number of rotatable bonds is 0. The lowest BCUT2D eigenvalue weighted by atomic mass is 10.1. The minimum absolute atomic E-state index is 0.113. The SMILES string of the molecule is O=C1C=c2cccc3c2=C1C=c1ccccc1=C3. The number of benzene rings is 2. The molecule has 0 amide bonds. The van der Waals surface area contributed by atoms with Gasteiger partial charge in [-0.05, 0) is 39.4 Å². The van der Waals surface area contributed by atoms with Gasteiger partial charge in [0.15, 0.2) is 5.78 Å². The summed E-state index contributed by atoms with van der Waals surface area (Å²) in [6, 6.07) is 14.2. The zero-order valence-electron chi connectivity index (χ0n) is 9.68. The van der Waals surface area contributed by atoms with Crippen LogP contribution >= 0.6 is 0 Å². The first-order valence-corrected chi connectivity index (χ1v) is 6.01. The largest absolute Gasteiger partial charge is 0.289 e. The molecule has 0 saturated carbocycles. The maximum absolute atomic E-state index is 12.1. The van der Waals surface area contributed by atoms with Crippen LogP contribution in [-0.2, 0) is 4.79 Å². The molecule has 1 nitrogen and oxygen atoms in total. The van der Waals surface area contributed by atoms with Crippen LogP contribution in [-0.4, -0.2) is 5.78 Å². The summed E-state index contributed by atoms with van der Waals surface area (Å²) in [7, 11) is 0. The Hall–Kier alpha value is -2.41. The third-order valence-electron chi connectivity index (χ3n) is 3.56. The van der Waals surface area contributed by atoms with Crippen LogP contribution in [0, 0.1) is 0 Å². The van der Waals surface area contributed by atoms with Crippen LogP contribution in [0.2, 0.25) is 0 Å². The van der Waals surface area contributed by atoms with E-state index >= 15 is 0 Å². The smallest absolute Gasteiger partial charge is 0.187 e. The molecule has 1 heteroatoms. The maximum Gasteiger partial charge on any atom is 0.187 e. The van der Waals surface area contributed by atoms with Crippen molar-refractivity contribution in [1.29, 1.82) is 0 Å². The molecule has 0 atom stereocenters. The predicted octanol–water partition coefficient (Wildman–Crippen LogP) is -0.177. The van der Waals surface area contributed by atoms with Gasteiger partial charge in [0, 0.05) is 10.8 Å². The fourth-order valence-corrected chi connectivity index (χ4v) is 2.72. The Bertz CT molecular complexity index is 930. The highest BCUT2D eigenvalue weighted by Gasteiger charge is 2.15. The minimum atomic E-state index is 0.113. The molecule has 0 radical (unpaired) electrons. The molecule has 18 heavy (non-hydrogen) atoms. The summed E-state index contributed by atoms with van der Waals surface area (Å²) < 4.78 is 0. The number of hydrogen-bond donors (Lipinski definition) is 0. The molecule has 2 aromatic carbocycles. The van der Waals surface area contributed by atoms with Gasteiger partial charge in [-0.2, -0.15) is 0 Å². The summed E-state index contributed by atoms with van der Waals surface area (Å²) in [5.41, 5.74) is 1.95. The van der Waals surface area contributed by atoms with Gasteiger partial charge in [0.1, 0.15) is 0 Å². The second-order valence-electron chi connectivity index (χ2n) is 4.65. The maximum atomic E-state index is 12.1. The van der Waals surface area contributed by atoms with Gasteiger partial charge in [0.25, 0.3) is 0 Å². The van der Waals surface area contributed by atoms with E-state index in [0.29, 0.717) is 0 Å².